The molecule has 0 aromatic carbocycles. The average Bonchev–Trinajstić information content (AvgIpc) is 2.09. The Morgan fingerprint density at radius 1 is 1.36 bits per heavy atom. The number of ether oxygens (including phenoxy) is 1. The second-order valence-corrected chi connectivity index (χ2v) is 5.78. The molecule has 0 rings (SSSR count). The van der Waals surface area contributed by atoms with Gasteiger partial charge in [-0.2, -0.15) is 0 Å². The van der Waals surface area contributed by atoms with E-state index in [1.807, 2.05) is 6.92 Å². The molecule has 0 heterocycles. The Balaban J connectivity index is 3.17. The maximum Gasteiger partial charge on any atom is 0.0591 e. The summed E-state index contributed by atoms with van der Waals surface area (Å²) in [5, 5.41) is 3.44. The van der Waals surface area contributed by atoms with Crippen molar-refractivity contribution < 1.29 is 8.95 Å². The van der Waals surface area contributed by atoms with E-state index in [4.69, 9.17) is 4.74 Å². The largest absolute Gasteiger partial charge is 0.380 e. The summed E-state index contributed by atoms with van der Waals surface area (Å²) in [6.07, 6.45) is 1.74. The highest BCUT2D eigenvalue weighted by molar-refractivity contribution is 7.84. The summed E-state index contributed by atoms with van der Waals surface area (Å²) in [5.41, 5.74) is 0. The summed E-state index contributed by atoms with van der Waals surface area (Å²) in [7, 11) is -0.728. The third-order valence-electron chi connectivity index (χ3n) is 1.87. The van der Waals surface area contributed by atoms with Gasteiger partial charge in [-0.15, -0.1) is 0 Å². The van der Waals surface area contributed by atoms with Gasteiger partial charge in [-0.25, -0.2) is 0 Å². The van der Waals surface area contributed by atoms with Crippen molar-refractivity contribution in [2.24, 2.45) is 5.92 Å². The molecule has 0 fully saturated rings. The first-order chi connectivity index (χ1) is 6.54. The average molecular weight is 221 g/mol. The van der Waals surface area contributed by atoms with E-state index in [1.54, 1.807) is 6.26 Å². The van der Waals surface area contributed by atoms with E-state index in [0.717, 1.165) is 26.3 Å². The van der Waals surface area contributed by atoms with Gasteiger partial charge in [0.15, 0.2) is 0 Å². The van der Waals surface area contributed by atoms with Crippen LogP contribution in [-0.2, 0) is 15.5 Å². The summed E-state index contributed by atoms with van der Waals surface area (Å²) in [5.74, 6) is 0.595. The number of hydrogen-bond donors (Lipinski definition) is 1. The van der Waals surface area contributed by atoms with Gasteiger partial charge in [0.05, 0.1) is 6.61 Å². The number of hydrogen-bond acceptors (Lipinski definition) is 3. The summed E-state index contributed by atoms with van der Waals surface area (Å²) in [6, 6.07) is 0. The highest BCUT2D eigenvalue weighted by atomic mass is 32.2. The van der Waals surface area contributed by atoms with Gasteiger partial charge in [-0.3, -0.25) is 4.21 Å². The number of rotatable bonds is 8. The van der Waals surface area contributed by atoms with E-state index >= 15 is 0 Å². The van der Waals surface area contributed by atoms with Crippen molar-refractivity contribution in [2.45, 2.75) is 26.0 Å². The van der Waals surface area contributed by atoms with Crippen molar-refractivity contribution in [3.63, 3.8) is 0 Å². The first kappa shape index (κ1) is 14.1. The number of nitrogens with one attached hydrogen (secondary N) is 1. The quantitative estimate of drug-likeness (QED) is 0.622. The summed E-state index contributed by atoms with van der Waals surface area (Å²) in [4.78, 5) is 0. The van der Waals surface area contributed by atoms with Crippen molar-refractivity contribution in [3.05, 3.63) is 0 Å². The van der Waals surface area contributed by atoms with Gasteiger partial charge < -0.3 is 10.1 Å². The van der Waals surface area contributed by atoms with E-state index in [2.05, 4.69) is 19.2 Å². The smallest absolute Gasteiger partial charge is 0.0591 e. The minimum Gasteiger partial charge on any atom is -0.380 e. The topological polar surface area (TPSA) is 38.3 Å². The molecule has 1 N–H and O–H groups in total. The lowest BCUT2D eigenvalue weighted by Gasteiger charge is -2.10. The molecule has 0 aliphatic carbocycles. The normalized spacial score (nSPS) is 15.8. The monoisotopic (exact) mass is 221 g/mol. The van der Waals surface area contributed by atoms with Crippen LogP contribution in [0, 0.1) is 5.92 Å². The van der Waals surface area contributed by atoms with Crippen LogP contribution in [0.4, 0.5) is 0 Å². The Morgan fingerprint density at radius 3 is 2.50 bits per heavy atom. The van der Waals surface area contributed by atoms with E-state index in [1.165, 1.54) is 0 Å². The van der Waals surface area contributed by atoms with Gasteiger partial charge in [0.2, 0.25) is 0 Å². The first-order valence-corrected chi connectivity index (χ1v) is 6.76. The maximum atomic E-state index is 11.0. The highest BCUT2D eigenvalue weighted by Gasteiger charge is 2.04. The van der Waals surface area contributed by atoms with Crippen molar-refractivity contribution in [1.29, 1.82) is 0 Å². The summed E-state index contributed by atoms with van der Waals surface area (Å²) >= 11 is 0. The van der Waals surface area contributed by atoms with Crippen LogP contribution in [0.3, 0.4) is 0 Å². The summed E-state index contributed by atoms with van der Waals surface area (Å²) in [6.45, 7) is 9.45. The van der Waals surface area contributed by atoms with Gasteiger partial charge >= 0.3 is 0 Å². The lowest BCUT2D eigenvalue weighted by Crippen LogP contribution is -2.30. The molecule has 0 saturated heterocycles. The van der Waals surface area contributed by atoms with Gasteiger partial charge in [0, 0.05) is 42.0 Å². The van der Waals surface area contributed by atoms with Gasteiger partial charge in [-0.05, 0) is 12.8 Å². The van der Waals surface area contributed by atoms with Crippen molar-refractivity contribution in [3.8, 4) is 0 Å². The Bertz CT molecular complexity index is 162. The zero-order valence-corrected chi connectivity index (χ0v) is 10.5. The van der Waals surface area contributed by atoms with Crippen molar-refractivity contribution in [2.75, 3.05) is 32.6 Å². The van der Waals surface area contributed by atoms with Gasteiger partial charge in [0.25, 0.3) is 0 Å². The SMILES string of the molecule is CC(C)COCCNCC(C)S(C)=O. The molecule has 0 saturated carbocycles. The zero-order chi connectivity index (χ0) is 11.0. The fourth-order valence-electron chi connectivity index (χ4n) is 0.886. The van der Waals surface area contributed by atoms with Gasteiger partial charge in [-0.1, -0.05) is 13.8 Å². The van der Waals surface area contributed by atoms with Crippen LogP contribution in [0.25, 0.3) is 0 Å². The van der Waals surface area contributed by atoms with Gasteiger partial charge in [0.1, 0.15) is 0 Å². The molecule has 0 aromatic heterocycles. The minimum atomic E-state index is -0.728. The van der Waals surface area contributed by atoms with E-state index < -0.39 is 10.8 Å². The molecule has 3 nitrogen and oxygen atoms in total. The molecule has 4 heteroatoms. The Morgan fingerprint density at radius 2 is 2.00 bits per heavy atom. The molecular weight excluding hydrogens is 198 g/mol. The van der Waals surface area contributed by atoms with Crippen LogP contribution in [0.1, 0.15) is 20.8 Å². The molecule has 14 heavy (non-hydrogen) atoms. The third kappa shape index (κ3) is 8.66. The molecule has 0 bridgehead atoms. The van der Waals surface area contributed by atoms with E-state index in [0.29, 0.717) is 5.92 Å². The second-order valence-electron chi connectivity index (χ2n) is 3.98. The molecule has 86 valence electrons. The first-order valence-electron chi connectivity index (χ1n) is 5.14. The highest BCUT2D eigenvalue weighted by Crippen LogP contribution is 1.92. The van der Waals surface area contributed by atoms with E-state index in [9.17, 15) is 4.21 Å². The standard InChI is InChI=1S/C10H23NO2S/c1-9(2)8-13-6-5-11-7-10(3)14(4)12/h9-11H,5-8H2,1-4H3. The van der Waals surface area contributed by atoms with Crippen LogP contribution in [0.2, 0.25) is 0 Å². The third-order valence-corrected chi connectivity index (χ3v) is 3.17. The van der Waals surface area contributed by atoms with Crippen LogP contribution in [-0.4, -0.2) is 42.0 Å². The van der Waals surface area contributed by atoms with Crippen LogP contribution < -0.4 is 5.32 Å². The van der Waals surface area contributed by atoms with Crippen LogP contribution in [0.5, 0.6) is 0 Å². The van der Waals surface area contributed by atoms with Crippen LogP contribution >= 0.6 is 0 Å². The predicted molar refractivity (Wildman–Crippen MR) is 62.1 cm³/mol. The maximum absolute atomic E-state index is 11.0. The Hall–Kier alpha value is 0.0700. The molecular formula is C10H23NO2S. The van der Waals surface area contributed by atoms with Crippen molar-refractivity contribution in [1.82, 2.24) is 5.32 Å². The Kier molecular flexibility index (Phi) is 8.43. The molecule has 0 spiro atoms. The lowest BCUT2D eigenvalue weighted by molar-refractivity contribution is 0.112. The molecule has 0 radical (unpaired) electrons. The molecule has 0 amide bonds. The predicted octanol–water partition coefficient (Wildman–Crippen LogP) is 1.02. The molecule has 2 atom stereocenters. The van der Waals surface area contributed by atoms with Crippen LogP contribution in [0.15, 0.2) is 0 Å². The lowest BCUT2D eigenvalue weighted by atomic mass is 10.2. The molecule has 0 aliphatic heterocycles. The molecule has 2 unspecified atom stereocenters. The minimum absolute atomic E-state index is 0.222. The van der Waals surface area contributed by atoms with Crippen molar-refractivity contribution >= 4 is 10.8 Å². The fraction of sp³-hybridized carbons (Fsp3) is 1.00. The Labute approximate surface area is 90.1 Å². The zero-order valence-electron chi connectivity index (χ0n) is 9.71. The second kappa shape index (κ2) is 8.38. The fourth-order valence-corrected chi connectivity index (χ4v) is 1.24. The summed E-state index contributed by atoms with van der Waals surface area (Å²) < 4.78 is 16.4. The molecule has 0 aromatic rings. The molecule has 0 aliphatic rings. The van der Waals surface area contributed by atoms with E-state index in [-0.39, 0.29) is 5.25 Å².